The lowest BCUT2D eigenvalue weighted by Gasteiger charge is -2.36. The molecule has 4 rings (SSSR count). The van der Waals surface area contributed by atoms with Gasteiger partial charge in [-0.15, -0.1) is 10.2 Å². The number of carbonyl (C=O) groups excluding carboxylic acids is 2. The van der Waals surface area contributed by atoms with E-state index in [1.54, 1.807) is 13.8 Å². The number of carbonyl (C=O) groups is 2. The van der Waals surface area contributed by atoms with E-state index in [4.69, 9.17) is 0 Å². The number of sulfonamides is 1. The van der Waals surface area contributed by atoms with Crippen LogP contribution < -0.4 is 10.0 Å². The number of Topliss-reactive ketones (excluding diaryl/α,β-unsaturated/α-hetero) is 1. The number of nitrogens with zero attached hydrogens (tertiary/aromatic N) is 2. The summed E-state index contributed by atoms with van der Waals surface area (Å²) in [6.07, 6.45) is 1.89. The molecule has 1 heterocycles. The van der Waals surface area contributed by atoms with Gasteiger partial charge in [0.15, 0.2) is 0 Å². The number of amides is 1. The fourth-order valence-corrected chi connectivity index (χ4v) is 8.24. The molecule has 2 saturated carbocycles. The second-order valence-electron chi connectivity index (χ2n) is 10.0. The normalized spacial score (nSPS) is 24.9. The Morgan fingerprint density at radius 2 is 1.91 bits per heavy atom. The standard InChI is InChI=1S/C23H30N4O4S2/c1-14(2)18(19(29)24-21-26-25-20(32-21)15-8-6-5-7-9-15)27-33(30,31)13-23-11-10-16(12-17(23)28)22(23,3)4/h5-9,14,16,18,27H,10-13H2,1-4H3,(H,24,26,29). The first-order chi connectivity index (χ1) is 15.4. The van der Waals surface area contributed by atoms with E-state index in [2.05, 4.69) is 20.2 Å². The molecular formula is C23H30N4O4S2. The summed E-state index contributed by atoms with van der Waals surface area (Å²) in [4.78, 5) is 25.8. The zero-order valence-corrected chi connectivity index (χ0v) is 20.9. The quantitative estimate of drug-likeness (QED) is 0.585. The van der Waals surface area contributed by atoms with Crippen molar-refractivity contribution in [1.82, 2.24) is 14.9 Å². The summed E-state index contributed by atoms with van der Waals surface area (Å²) in [6, 6.07) is 8.48. The van der Waals surface area contributed by atoms with Gasteiger partial charge >= 0.3 is 0 Å². The van der Waals surface area contributed by atoms with Gasteiger partial charge in [0.05, 0.1) is 5.75 Å². The van der Waals surface area contributed by atoms with Gasteiger partial charge in [0.1, 0.15) is 16.8 Å². The molecule has 1 aromatic carbocycles. The molecule has 8 nitrogen and oxygen atoms in total. The van der Waals surface area contributed by atoms with Crippen molar-refractivity contribution in [2.75, 3.05) is 11.1 Å². The monoisotopic (exact) mass is 490 g/mol. The summed E-state index contributed by atoms with van der Waals surface area (Å²) in [5.74, 6) is -0.830. The van der Waals surface area contributed by atoms with Crippen LogP contribution in [0.15, 0.2) is 30.3 Å². The van der Waals surface area contributed by atoms with Crippen molar-refractivity contribution in [1.29, 1.82) is 0 Å². The molecule has 0 spiro atoms. The highest BCUT2D eigenvalue weighted by Gasteiger charge is 2.65. The molecule has 2 aliphatic carbocycles. The molecule has 2 bridgehead atoms. The van der Waals surface area contributed by atoms with Gasteiger partial charge in [0.2, 0.25) is 21.1 Å². The van der Waals surface area contributed by atoms with Crippen molar-refractivity contribution in [2.45, 2.75) is 53.0 Å². The van der Waals surface area contributed by atoms with Crippen molar-refractivity contribution in [2.24, 2.45) is 22.7 Å². The first-order valence-electron chi connectivity index (χ1n) is 11.2. The molecule has 0 saturated heterocycles. The van der Waals surface area contributed by atoms with Gasteiger partial charge in [-0.05, 0) is 30.1 Å². The number of fused-ring (bicyclic) bond motifs is 2. The number of hydrogen-bond donors (Lipinski definition) is 2. The molecule has 33 heavy (non-hydrogen) atoms. The number of aromatic nitrogens is 2. The van der Waals surface area contributed by atoms with Crippen LogP contribution in [0.2, 0.25) is 0 Å². The minimum Gasteiger partial charge on any atom is -0.299 e. The minimum atomic E-state index is -3.90. The number of nitrogens with one attached hydrogen (secondary N) is 2. The third-order valence-electron chi connectivity index (χ3n) is 7.51. The molecule has 178 valence electrons. The van der Waals surface area contributed by atoms with Gasteiger partial charge < -0.3 is 0 Å². The van der Waals surface area contributed by atoms with Gasteiger partial charge in [-0.1, -0.05) is 69.4 Å². The maximum absolute atomic E-state index is 13.2. The van der Waals surface area contributed by atoms with Crippen LogP contribution in [0.25, 0.3) is 10.6 Å². The van der Waals surface area contributed by atoms with E-state index in [9.17, 15) is 18.0 Å². The Kier molecular flexibility index (Phi) is 6.22. The molecular weight excluding hydrogens is 460 g/mol. The van der Waals surface area contributed by atoms with Crippen LogP contribution in [0.3, 0.4) is 0 Å². The SMILES string of the molecule is CC(C)C(NS(=O)(=O)CC12CCC(CC1=O)C2(C)C)C(=O)Nc1nnc(-c2ccccc2)s1. The van der Waals surface area contributed by atoms with Crippen LogP contribution in [0.5, 0.6) is 0 Å². The summed E-state index contributed by atoms with van der Waals surface area (Å²) in [5.41, 5.74) is -0.366. The molecule has 3 atom stereocenters. The fourth-order valence-electron chi connectivity index (χ4n) is 5.31. The molecule has 2 aromatic rings. The Bertz CT molecular complexity index is 1160. The Hall–Kier alpha value is -2.17. The predicted octanol–water partition coefficient (Wildman–Crippen LogP) is 3.48. The summed E-state index contributed by atoms with van der Waals surface area (Å²) >= 11 is 1.22. The Morgan fingerprint density at radius 3 is 2.48 bits per heavy atom. The Labute approximate surface area is 198 Å². The van der Waals surface area contributed by atoms with E-state index in [1.165, 1.54) is 11.3 Å². The molecule has 2 N–H and O–H groups in total. The van der Waals surface area contributed by atoms with Crippen molar-refractivity contribution in [3.05, 3.63) is 30.3 Å². The topological polar surface area (TPSA) is 118 Å². The smallest absolute Gasteiger partial charge is 0.244 e. The first-order valence-corrected chi connectivity index (χ1v) is 13.7. The largest absolute Gasteiger partial charge is 0.299 e. The average Bonchev–Trinajstić information content (AvgIpc) is 3.35. The van der Waals surface area contributed by atoms with Crippen molar-refractivity contribution in [3.63, 3.8) is 0 Å². The number of ketones is 1. The van der Waals surface area contributed by atoms with E-state index >= 15 is 0 Å². The molecule has 2 aliphatic rings. The van der Waals surface area contributed by atoms with Crippen LogP contribution in [0.1, 0.15) is 47.0 Å². The van der Waals surface area contributed by atoms with Gasteiger partial charge in [0, 0.05) is 17.4 Å². The van der Waals surface area contributed by atoms with Gasteiger partial charge in [0.25, 0.3) is 0 Å². The van der Waals surface area contributed by atoms with Gasteiger partial charge in [-0.25, -0.2) is 13.1 Å². The van der Waals surface area contributed by atoms with E-state index in [-0.39, 0.29) is 28.8 Å². The third-order valence-corrected chi connectivity index (χ3v) is 9.88. The van der Waals surface area contributed by atoms with E-state index in [0.29, 0.717) is 23.0 Å². The highest BCUT2D eigenvalue weighted by molar-refractivity contribution is 7.89. The lowest BCUT2D eigenvalue weighted by atomic mass is 9.70. The fraction of sp³-hybridized carbons (Fsp3) is 0.565. The molecule has 3 unspecified atom stereocenters. The van der Waals surface area contributed by atoms with Crippen molar-refractivity contribution in [3.8, 4) is 10.6 Å². The third kappa shape index (κ3) is 4.36. The van der Waals surface area contributed by atoms with Crippen LogP contribution in [0, 0.1) is 22.7 Å². The number of benzene rings is 1. The second kappa shape index (κ2) is 8.56. The molecule has 0 aliphatic heterocycles. The summed E-state index contributed by atoms with van der Waals surface area (Å²) < 4.78 is 29.0. The molecule has 1 amide bonds. The molecule has 1 aromatic heterocycles. The van der Waals surface area contributed by atoms with Gasteiger partial charge in [-0.2, -0.15) is 0 Å². The van der Waals surface area contributed by atoms with Crippen molar-refractivity contribution >= 4 is 38.2 Å². The minimum absolute atomic E-state index is 0.0296. The summed E-state index contributed by atoms with van der Waals surface area (Å²) in [5, 5.41) is 11.8. The van der Waals surface area contributed by atoms with Crippen LogP contribution >= 0.6 is 11.3 Å². The maximum atomic E-state index is 13.2. The van der Waals surface area contributed by atoms with E-state index in [0.717, 1.165) is 12.0 Å². The number of anilines is 1. The van der Waals surface area contributed by atoms with Crippen LogP contribution in [-0.2, 0) is 19.6 Å². The molecule has 0 radical (unpaired) electrons. The Morgan fingerprint density at radius 1 is 1.21 bits per heavy atom. The zero-order valence-electron chi connectivity index (χ0n) is 19.3. The zero-order chi connectivity index (χ0) is 24.0. The van der Waals surface area contributed by atoms with Crippen LogP contribution in [-0.4, -0.2) is 42.1 Å². The highest BCUT2D eigenvalue weighted by atomic mass is 32.2. The lowest BCUT2D eigenvalue weighted by molar-refractivity contribution is -0.128. The second-order valence-corrected chi connectivity index (χ2v) is 12.8. The van der Waals surface area contributed by atoms with Crippen molar-refractivity contribution < 1.29 is 18.0 Å². The Balaban J connectivity index is 1.48. The predicted molar refractivity (Wildman–Crippen MR) is 128 cm³/mol. The first kappa shape index (κ1) is 24.0. The summed E-state index contributed by atoms with van der Waals surface area (Å²) in [6.45, 7) is 7.54. The molecule has 10 heteroatoms. The van der Waals surface area contributed by atoms with Crippen LogP contribution in [0.4, 0.5) is 5.13 Å². The average molecular weight is 491 g/mol. The number of hydrogen-bond acceptors (Lipinski definition) is 7. The number of rotatable bonds is 8. The molecule has 2 fully saturated rings. The van der Waals surface area contributed by atoms with E-state index in [1.807, 2.05) is 44.2 Å². The summed E-state index contributed by atoms with van der Waals surface area (Å²) in [7, 11) is -3.90. The highest BCUT2D eigenvalue weighted by Crippen LogP contribution is 2.64. The maximum Gasteiger partial charge on any atom is 0.244 e. The lowest BCUT2D eigenvalue weighted by Crippen LogP contribution is -2.51. The van der Waals surface area contributed by atoms with Gasteiger partial charge in [-0.3, -0.25) is 14.9 Å². The van der Waals surface area contributed by atoms with E-state index < -0.39 is 27.4 Å².